The molecule has 0 N–H and O–H groups in total. The largest absolute Gasteiger partial charge is 0.463 e. The lowest BCUT2D eigenvalue weighted by Gasteiger charge is -2.32. The van der Waals surface area contributed by atoms with Crippen molar-refractivity contribution in [2.24, 2.45) is 5.92 Å². The van der Waals surface area contributed by atoms with Gasteiger partial charge in [-0.3, -0.25) is 4.79 Å². The van der Waals surface area contributed by atoms with Gasteiger partial charge < -0.3 is 9.47 Å². The second kappa shape index (κ2) is 9.71. The number of esters is 1. The first-order valence-corrected chi connectivity index (χ1v) is 8.58. The summed E-state index contributed by atoms with van der Waals surface area (Å²) in [6, 6.07) is 6.63. The van der Waals surface area contributed by atoms with Crippen molar-refractivity contribution in [3.63, 3.8) is 0 Å². The molecule has 26 heavy (non-hydrogen) atoms. The van der Waals surface area contributed by atoms with E-state index in [0.29, 0.717) is 6.42 Å². The summed E-state index contributed by atoms with van der Waals surface area (Å²) < 4.78 is 50.6. The van der Waals surface area contributed by atoms with Crippen molar-refractivity contribution in [1.29, 1.82) is 0 Å². The van der Waals surface area contributed by atoms with Gasteiger partial charge in [0.1, 0.15) is 5.78 Å². The molecule has 0 heterocycles. The van der Waals surface area contributed by atoms with E-state index in [9.17, 15) is 22.8 Å². The maximum atomic E-state index is 13.7. The number of methoxy groups -OCH3 is 1. The normalized spacial score (nSPS) is 15.2. The first-order chi connectivity index (χ1) is 12.2. The molecule has 4 nitrogen and oxygen atoms in total. The van der Waals surface area contributed by atoms with E-state index >= 15 is 0 Å². The predicted molar refractivity (Wildman–Crippen MR) is 90.5 cm³/mol. The van der Waals surface area contributed by atoms with E-state index in [1.807, 2.05) is 6.92 Å². The number of alkyl halides is 3. The van der Waals surface area contributed by atoms with Crippen LogP contribution in [0.25, 0.3) is 0 Å². The van der Waals surface area contributed by atoms with E-state index in [4.69, 9.17) is 4.74 Å². The second-order valence-electron chi connectivity index (χ2n) is 6.14. The summed E-state index contributed by atoms with van der Waals surface area (Å²) in [5, 5.41) is 0. The van der Waals surface area contributed by atoms with Gasteiger partial charge in [-0.05, 0) is 12.8 Å². The highest BCUT2D eigenvalue weighted by Crippen LogP contribution is 2.42. The predicted octanol–water partition coefficient (Wildman–Crippen LogP) is 4.42. The molecule has 1 aromatic carbocycles. The Bertz CT molecular complexity index is 586. The monoisotopic (exact) mass is 374 g/mol. The van der Waals surface area contributed by atoms with Gasteiger partial charge in [-0.2, -0.15) is 13.2 Å². The van der Waals surface area contributed by atoms with Crippen LogP contribution in [-0.2, 0) is 24.7 Å². The number of unbranched alkanes of at least 4 members (excludes halogenated alkanes) is 1. The van der Waals surface area contributed by atoms with Crippen LogP contribution in [0.5, 0.6) is 0 Å². The Morgan fingerprint density at radius 2 is 1.77 bits per heavy atom. The van der Waals surface area contributed by atoms with E-state index in [1.165, 1.54) is 18.2 Å². The Hall–Kier alpha value is -1.89. The average Bonchev–Trinajstić information content (AvgIpc) is 2.60. The molecule has 0 saturated carbocycles. The fourth-order valence-electron chi connectivity index (χ4n) is 2.58. The fraction of sp³-hybridized carbons (Fsp3) is 0.579. The van der Waals surface area contributed by atoms with Gasteiger partial charge in [0.25, 0.3) is 5.60 Å². The molecule has 0 aromatic heterocycles. The van der Waals surface area contributed by atoms with Gasteiger partial charge in [0.05, 0.1) is 6.61 Å². The zero-order valence-electron chi connectivity index (χ0n) is 15.3. The van der Waals surface area contributed by atoms with E-state index in [-0.39, 0.29) is 30.3 Å². The molecule has 0 aliphatic carbocycles. The summed E-state index contributed by atoms with van der Waals surface area (Å²) in [5.74, 6) is -1.90. The van der Waals surface area contributed by atoms with Gasteiger partial charge in [0.2, 0.25) is 0 Å². The zero-order chi connectivity index (χ0) is 19.8. The van der Waals surface area contributed by atoms with Crippen LogP contribution in [0.15, 0.2) is 30.3 Å². The third-order valence-electron chi connectivity index (χ3n) is 4.28. The molecule has 0 amide bonds. The first kappa shape index (κ1) is 22.2. The highest BCUT2D eigenvalue weighted by atomic mass is 19.4. The molecule has 0 aliphatic rings. The lowest BCUT2D eigenvalue weighted by molar-refractivity contribution is -0.276. The van der Waals surface area contributed by atoms with Crippen LogP contribution < -0.4 is 0 Å². The van der Waals surface area contributed by atoms with Crippen molar-refractivity contribution in [3.8, 4) is 0 Å². The van der Waals surface area contributed by atoms with Crippen LogP contribution in [0.3, 0.4) is 0 Å². The Kier molecular flexibility index (Phi) is 8.27. The number of ether oxygens (including phenoxy) is 2. The standard InChI is InChI=1S/C19H25F3O4/c1-4-5-11-16(23)14(2)12-13-26-17(24)18(25-3,19(20,21)22)15-9-7-6-8-10-15/h6-10,14H,4-5,11-13H2,1-3H3/t14-,18-/m0/s1. The van der Waals surface area contributed by atoms with Crippen LogP contribution in [0.1, 0.15) is 45.1 Å². The molecule has 0 unspecified atom stereocenters. The molecule has 7 heteroatoms. The second-order valence-corrected chi connectivity index (χ2v) is 6.14. The number of rotatable bonds is 10. The molecule has 0 spiro atoms. The van der Waals surface area contributed by atoms with Crippen LogP contribution in [0.2, 0.25) is 0 Å². The molecule has 0 fully saturated rings. The summed E-state index contributed by atoms with van der Waals surface area (Å²) in [6.45, 7) is 3.35. The topological polar surface area (TPSA) is 52.6 Å². The van der Waals surface area contributed by atoms with Crippen LogP contribution in [-0.4, -0.2) is 31.6 Å². The minimum absolute atomic E-state index is 0.0137. The number of ketones is 1. The molecule has 146 valence electrons. The summed E-state index contributed by atoms with van der Waals surface area (Å²) in [7, 11) is 0.818. The lowest BCUT2D eigenvalue weighted by Crippen LogP contribution is -2.51. The summed E-state index contributed by atoms with van der Waals surface area (Å²) in [6.07, 6.45) is -2.77. The molecular formula is C19H25F3O4. The molecule has 2 atom stereocenters. The highest BCUT2D eigenvalue weighted by Gasteiger charge is 2.64. The third kappa shape index (κ3) is 5.06. The van der Waals surface area contributed by atoms with Crippen LogP contribution >= 0.6 is 0 Å². The van der Waals surface area contributed by atoms with E-state index in [1.54, 1.807) is 6.92 Å². The van der Waals surface area contributed by atoms with Crippen molar-refractivity contribution >= 4 is 11.8 Å². The van der Waals surface area contributed by atoms with Crippen LogP contribution in [0, 0.1) is 5.92 Å². The fourth-order valence-corrected chi connectivity index (χ4v) is 2.58. The number of Topliss-reactive ketones (excluding diaryl/α,β-unsaturated/α-hetero) is 1. The van der Waals surface area contributed by atoms with Crippen molar-refractivity contribution < 1.29 is 32.2 Å². The number of halogens is 3. The maximum Gasteiger partial charge on any atom is 0.432 e. The average molecular weight is 374 g/mol. The van der Waals surface area contributed by atoms with Gasteiger partial charge in [-0.15, -0.1) is 0 Å². The molecule has 1 rings (SSSR count). The minimum atomic E-state index is -5.00. The summed E-state index contributed by atoms with van der Waals surface area (Å²) in [4.78, 5) is 24.2. The molecule has 0 radical (unpaired) electrons. The molecule has 0 aliphatic heterocycles. The quantitative estimate of drug-likeness (QED) is 0.569. The van der Waals surface area contributed by atoms with Crippen molar-refractivity contribution in [3.05, 3.63) is 35.9 Å². The van der Waals surface area contributed by atoms with Gasteiger partial charge >= 0.3 is 12.1 Å². The first-order valence-electron chi connectivity index (χ1n) is 8.58. The minimum Gasteiger partial charge on any atom is -0.463 e. The Balaban J connectivity index is 2.84. The van der Waals surface area contributed by atoms with E-state index in [0.717, 1.165) is 32.1 Å². The number of benzene rings is 1. The Labute approximate surface area is 151 Å². The van der Waals surface area contributed by atoms with Gasteiger partial charge in [0, 0.05) is 25.0 Å². The van der Waals surface area contributed by atoms with Gasteiger partial charge in [-0.1, -0.05) is 50.6 Å². The molecule has 0 saturated heterocycles. The van der Waals surface area contributed by atoms with Crippen molar-refractivity contribution in [2.75, 3.05) is 13.7 Å². The van der Waals surface area contributed by atoms with Gasteiger partial charge in [-0.25, -0.2) is 4.79 Å². The Morgan fingerprint density at radius 3 is 2.27 bits per heavy atom. The third-order valence-corrected chi connectivity index (χ3v) is 4.28. The highest BCUT2D eigenvalue weighted by molar-refractivity contribution is 5.83. The number of carbonyl (C=O) groups excluding carboxylic acids is 2. The maximum absolute atomic E-state index is 13.7. The zero-order valence-corrected chi connectivity index (χ0v) is 15.3. The molecule has 1 aromatic rings. The molecular weight excluding hydrogens is 349 g/mol. The SMILES string of the molecule is CCCCC(=O)[C@@H](C)CCOC(=O)[C@@](OC)(c1ccccc1)C(F)(F)F. The number of carbonyl (C=O) groups is 2. The van der Waals surface area contributed by atoms with Gasteiger partial charge in [0.15, 0.2) is 0 Å². The molecule has 0 bridgehead atoms. The lowest BCUT2D eigenvalue weighted by atomic mass is 9.92. The van der Waals surface area contributed by atoms with E-state index < -0.39 is 17.7 Å². The summed E-state index contributed by atoms with van der Waals surface area (Å²) >= 11 is 0. The number of hydrogen-bond acceptors (Lipinski definition) is 4. The smallest absolute Gasteiger partial charge is 0.432 e. The Morgan fingerprint density at radius 1 is 1.15 bits per heavy atom. The van der Waals surface area contributed by atoms with Crippen LogP contribution in [0.4, 0.5) is 13.2 Å². The van der Waals surface area contributed by atoms with Crippen molar-refractivity contribution in [2.45, 2.75) is 51.3 Å². The van der Waals surface area contributed by atoms with E-state index in [2.05, 4.69) is 4.74 Å². The number of hydrogen-bond donors (Lipinski definition) is 0. The van der Waals surface area contributed by atoms with Crippen molar-refractivity contribution in [1.82, 2.24) is 0 Å². The summed E-state index contributed by atoms with van der Waals surface area (Å²) in [5.41, 5.74) is -3.55.